The highest BCUT2D eigenvalue weighted by molar-refractivity contribution is 5.90. The quantitative estimate of drug-likeness (QED) is 0.700. The van der Waals surface area contributed by atoms with E-state index >= 15 is 0 Å². The summed E-state index contributed by atoms with van der Waals surface area (Å²) in [5, 5.41) is 9.00. The Balaban J connectivity index is 3.03. The van der Waals surface area contributed by atoms with Crippen LogP contribution in [0.4, 0.5) is 0 Å². The van der Waals surface area contributed by atoms with Crippen molar-refractivity contribution in [1.29, 1.82) is 0 Å². The highest BCUT2D eigenvalue weighted by atomic mass is 16.3. The van der Waals surface area contributed by atoms with Crippen LogP contribution in [0.5, 0.6) is 0 Å². The molecule has 3 heteroatoms. The Morgan fingerprint density at radius 3 is 2.86 bits per heavy atom. The van der Waals surface area contributed by atoms with Crippen molar-refractivity contribution in [2.45, 2.75) is 13.5 Å². The van der Waals surface area contributed by atoms with Crippen molar-refractivity contribution >= 4 is 12.0 Å². The molecule has 74 valence electrons. The summed E-state index contributed by atoms with van der Waals surface area (Å²) in [6.07, 6.45) is 2.96. The maximum atomic E-state index is 10.5. The molecule has 0 bridgehead atoms. The molecule has 3 N–H and O–H groups in total. The van der Waals surface area contributed by atoms with Gasteiger partial charge in [0.2, 0.25) is 5.91 Å². The van der Waals surface area contributed by atoms with Gasteiger partial charge in [-0.1, -0.05) is 18.2 Å². The Morgan fingerprint density at radius 1 is 1.57 bits per heavy atom. The van der Waals surface area contributed by atoms with Crippen LogP contribution in [0.15, 0.2) is 24.3 Å². The van der Waals surface area contributed by atoms with Gasteiger partial charge in [0.15, 0.2) is 0 Å². The van der Waals surface area contributed by atoms with Crippen molar-refractivity contribution in [3.8, 4) is 0 Å². The van der Waals surface area contributed by atoms with E-state index in [0.29, 0.717) is 0 Å². The number of carbonyl (C=O) groups is 1. The van der Waals surface area contributed by atoms with Crippen molar-refractivity contribution in [3.63, 3.8) is 0 Å². The molecule has 1 rings (SSSR count). The van der Waals surface area contributed by atoms with Crippen LogP contribution in [0.25, 0.3) is 6.08 Å². The maximum absolute atomic E-state index is 10.5. The van der Waals surface area contributed by atoms with E-state index in [0.717, 1.165) is 16.7 Å². The first-order chi connectivity index (χ1) is 6.65. The second-order valence-corrected chi connectivity index (χ2v) is 3.03. The number of aliphatic hydroxyl groups is 1. The van der Waals surface area contributed by atoms with Crippen molar-refractivity contribution < 1.29 is 9.90 Å². The van der Waals surface area contributed by atoms with E-state index in [1.807, 2.05) is 25.1 Å². The van der Waals surface area contributed by atoms with E-state index in [1.165, 1.54) is 6.08 Å². The van der Waals surface area contributed by atoms with Crippen LogP contribution in [-0.2, 0) is 11.4 Å². The lowest BCUT2D eigenvalue weighted by Gasteiger charge is -2.05. The number of hydrogen-bond acceptors (Lipinski definition) is 2. The van der Waals surface area contributed by atoms with Crippen molar-refractivity contribution in [2.75, 3.05) is 0 Å². The van der Waals surface area contributed by atoms with Crippen LogP contribution >= 0.6 is 0 Å². The molecule has 0 aliphatic carbocycles. The molecule has 1 aromatic rings. The van der Waals surface area contributed by atoms with Crippen LogP contribution in [0.3, 0.4) is 0 Å². The lowest BCUT2D eigenvalue weighted by Crippen LogP contribution is -2.05. The molecule has 0 heterocycles. The maximum Gasteiger partial charge on any atom is 0.241 e. The van der Waals surface area contributed by atoms with Gasteiger partial charge >= 0.3 is 0 Å². The van der Waals surface area contributed by atoms with Gasteiger partial charge in [0.05, 0.1) is 6.61 Å². The topological polar surface area (TPSA) is 63.3 Å². The minimum atomic E-state index is -0.473. The molecule has 3 nitrogen and oxygen atoms in total. The summed E-state index contributed by atoms with van der Waals surface area (Å²) in [7, 11) is 0. The summed E-state index contributed by atoms with van der Waals surface area (Å²) in [5.41, 5.74) is 7.71. The molecular formula is C11H13NO2. The number of rotatable bonds is 3. The highest BCUT2D eigenvalue weighted by Gasteiger charge is 1.99. The fourth-order valence-electron chi connectivity index (χ4n) is 1.23. The van der Waals surface area contributed by atoms with Crippen molar-refractivity contribution in [3.05, 3.63) is 41.0 Å². The average molecular weight is 191 g/mol. The third-order valence-electron chi connectivity index (χ3n) is 2.09. The summed E-state index contributed by atoms with van der Waals surface area (Å²) in [5.74, 6) is -0.473. The van der Waals surface area contributed by atoms with Crippen LogP contribution in [0.1, 0.15) is 16.7 Å². The lowest BCUT2D eigenvalue weighted by molar-refractivity contribution is -0.113. The molecule has 0 unspecified atom stereocenters. The molecular weight excluding hydrogens is 178 g/mol. The second-order valence-electron chi connectivity index (χ2n) is 3.03. The Hall–Kier alpha value is -1.61. The van der Waals surface area contributed by atoms with Gasteiger partial charge in [-0.3, -0.25) is 4.79 Å². The molecule has 14 heavy (non-hydrogen) atoms. The summed E-state index contributed by atoms with van der Waals surface area (Å²) >= 11 is 0. The SMILES string of the molecule is Cc1c(C=CC(N)=O)cccc1CO. The Labute approximate surface area is 82.9 Å². The number of carbonyl (C=O) groups excluding carboxylic acids is 1. The first kappa shape index (κ1) is 10.5. The smallest absolute Gasteiger partial charge is 0.241 e. The molecule has 1 amide bonds. The molecule has 0 radical (unpaired) electrons. The number of amides is 1. The molecule has 0 atom stereocenters. The molecule has 0 saturated heterocycles. The van der Waals surface area contributed by atoms with Crippen LogP contribution < -0.4 is 5.73 Å². The summed E-state index contributed by atoms with van der Waals surface area (Å²) in [4.78, 5) is 10.5. The number of hydrogen-bond donors (Lipinski definition) is 2. The molecule has 0 saturated carbocycles. The standard InChI is InChI=1S/C11H13NO2/c1-8-9(5-6-11(12)14)3-2-4-10(8)7-13/h2-6,13H,7H2,1H3,(H2,12,14). The van der Waals surface area contributed by atoms with E-state index < -0.39 is 5.91 Å². The van der Waals surface area contributed by atoms with Crippen LogP contribution in [-0.4, -0.2) is 11.0 Å². The van der Waals surface area contributed by atoms with Crippen LogP contribution in [0, 0.1) is 6.92 Å². The van der Waals surface area contributed by atoms with Gasteiger partial charge in [-0.15, -0.1) is 0 Å². The van der Waals surface area contributed by atoms with E-state index in [4.69, 9.17) is 10.8 Å². The third kappa shape index (κ3) is 2.44. The minimum absolute atomic E-state index is 0.00405. The van der Waals surface area contributed by atoms with Gasteiger partial charge in [0, 0.05) is 6.08 Å². The molecule has 0 aliphatic heterocycles. The van der Waals surface area contributed by atoms with E-state index in [9.17, 15) is 4.79 Å². The van der Waals surface area contributed by atoms with Gasteiger partial charge in [0.1, 0.15) is 0 Å². The monoisotopic (exact) mass is 191 g/mol. The Kier molecular flexibility index (Phi) is 3.42. The number of nitrogens with two attached hydrogens (primary N) is 1. The van der Waals surface area contributed by atoms with E-state index in [1.54, 1.807) is 6.08 Å². The first-order valence-corrected chi connectivity index (χ1v) is 4.32. The molecule has 0 fully saturated rings. The van der Waals surface area contributed by atoms with E-state index in [2.05, 4.69) is 0 Å². The zero-order valence-electron chi connectivity index (χ0n) is 8.03. The fraction of sp³-hybridized carbons (Fsp3) is 0.182. The normalized spacial score (nSPS) is 10.7. The van der Waals surface area contributed by atoms with Gasteiger partial charge < -0.3 is 10.8 Å². The minimum Gasteiger partial charge on any atom is -0.392 e. The molecule has 0 aliphatic rings. The lowest BCUT2D eigenvalue weighted by atomic mass is 10.0. The highest BCUT2D eigenvalue weighted by Crippen LogP contribution is 2.14. The van der Waals surface area contributed by atoms with Crippen LogP contribution in [0.2, 0.25) is 0 Å². The largest absolute Gasteiger partial charge is 0.392 e. The third-order valence-corrected chi connectivity index (χ3v) is 2.09. The summed E-state index contributed by atoms with van der Waals surface area (Å²) < 4.78 is 0. The number of aliphatic hydroxyl groups excluding tert-OH is 1. The number of primary amides is 1. The number of benzene rings is 1. The molecule has 0 spiro atoms. The predicted octanol–water partition coefficient (Wildman–Crippen LogP) is 0.986. The van der Waals surface area contributed by atoms with Gasteiger partial charge in [0.25, 0.3) is 0 Å². The van der Waals surface area contributed by atoms with Gasteiger partial charge in [-0.2, -0.15) is 0 Å². The van der Waals surface area contributed by atoms with Crippen molar-refractivity contribution in [2.24, 2.45) is 5.73 Å². The summed E-state index contributed by atoms with van der Waals surface area (Å²) in [6, 6.07) is 5.55. The fourth-order valence-corrected chi connectivity index (χ4v) is 1.23. The predicted molar refractivity (Wildman–Crippen MR) is 55.3 cm³/mol. The van der Waals surface area contributed by atoms with Gasteiger partial charge in [-0.25, -0.2) is 0 Å². The van der Waals surface area contributed by atoms with Crippen molar-refractivity contribution in [1.82, 2.24) is 0 Å². The van der Waals surface area contributed by atoms with Gasteiger partial charge in [-0.05, 0) is 29.7 Å². The Bertz CT molecular complexity index is 370. The molecule has 0 aromatic heterocycles. The zero-order chi connectivity index (χ0) is 10.6. The average Bonchev–Trinajstić information content (AvgIpc) is 2.16. The zero-order valence-corrected chi connectivity index (χ0v) is 8.03. The van der Waals surface area contributed by atoms with E-state index in [-0.39, 0.29) is 6.61 Å². The first-order valence-electron chi connectivity index (χ1n) is 4.32. The second kappa shape index (κ2) is 4.58. The molecule has 1 aromatic carbocycles. The summed E-state index contributed by atoms with van der Waals surface area (Å²) in [6.45, 7) is 1.90. The Morgan fingerprint density at radius 2 is 2.29 bits per heavy atom.